The Balaban J connectivity index is 1.56. The Morgan fingerprint density at radius 3 is 2.82 bits per heavy atom. The third-order valence-electron chi connectivity index (χ3n) is 6.28. The molecule has 3 atom stereocenters. The fourth-order valence-electron chi connectivity index (χ4n) is 4.86. The number of rotatable bonds is 8. The van der Waals surface area contributed by atoms with Crippen molar-refractivity contribution >= 4 is 11.9 Å². The van der Waals surface area contributed by atoms with E-state index in [1.165, 1.54) is 0 Å². The highest BCUT2D eigenvalue weighted by Crippen LogP contribution is 2.35. The van der Waals surface area contributed by atoms with Crippen LogP contribution in [0.1, 0.15) is 31.7 Å². The molecule has 0 bridgehead atoms. The zero-order valence-electron chi connectivity index (χ0n) is 18.6. The van der Waals surface area contributed by atoms with Crippen molar-refractivity contribution in [2.45, 2.75) is 50.2 Å². The second-order valence-corrected chi connectivity index (χ2v) is 8.85. The van der Waals surface area contributed by atoms with Crippen LogP contribution in [0.25, 0.3) is 11.1 Å². The van der Waals surface area contributed by atoms with Crippen LogP contribution in [0.2, 0.25) is 0 Å². The predicted octanol–water partition coefficient (Wildman–Crippen LogP) is 2.91. The molecule has 2 aliphatic rings. The lowest BCUT2D eigenvalue weighted by molar-refractivity contribution is -0.137. The SMILES string of the molecule is C[C@@H]1CC2(COCC(=O)N2)C(Cc2cccc(-c3ccccc3OCCCC(=O)O)c2F)N1. The zero-order chi connectivity index (χ0) is 23.4. The molecule has 0 aromatic heterocycles. The van der Waals surface area contributed by atoms with Crippen molar-refractivity contribution in [3.8, 4) is 16.9 Å². The Morgan fingerprint density at radius 2 is 2.03 bits per heavy atom. The number of benzene rings is 2. The highest BCUT2D eigenvalue weighted by molar-refractivity contribution is 5.79. The second kappa shape index (κ2) is 9.89. The van der Waals surface area contributed by atoms with E-state index in [0.29, 0.717) is 41.9 Å². The van der Waals surface area contributed by atoms with Gasteiger partial charge in [0.15, 0.2) is 0 Å². The summed E-state index contributed by atoms with van der Waals surface area (Å²) in [5.41, 5.74) is 1.02. The van der Waals surface area contributed by atoms with Crippen LogP contribution >= 0.6 is 0 Å². The maximum absolute atomic E-state index is 15.7. The van der Waals surface area contributed by atoms with Gasteiger partial charge in [-0.3, -0.25) is 9.59 Å². The van der Waals surface area contributed by atoms with E-state index in [-0.39, 0.29) is 43.4 Å². The molecule has 1 amide bonds. The van der Waals surface area contributed by atoms with Crippen molar-refractivity contribution in [1.29, 1.82) is 0 Å². The van der Waals surface area contributed by atoms with Gasteiger partial charge in [0.1, 0.15) is 18.2 Å². The maximum atomic E-state index is 15.7. The lowest BCUT2D eigenvalue weighted by Gasteiger charge is -2.39. The smallest absolute Gasteiger partial charge is 0.303 e. The Kier molecular flexibility index (Phi) is 6.95. The van der Waals surface area contributed by atoms with Gasteiger partial charge in [-0.1, -0.05) is 36.4 Å². The summed E-state index contributed by atoms with van der Waals surface area (Å²) in [6.07, 6.45) is 1.50. The third kappa shape index (κ3) is 5.17. The number of para-hydroxylation sites is 1. The van der Waals surface area contributed by atoms with Crippen LogP contribution in [0.15, 0.2) is 42.5 Å². The topological polar surface area (TPSA) is 96.9 Å². The van der Waals surface area contributed by atoms with Crippen LogP contribution in [-0.2, 0) is 20.7 Å². The molecule has 2 heterocycles. The molecular weight excluding hydrogens is 427 g/mol. The summed E-state index contributed by atoms with van der Waals surface area (Å²) in [6, 6.07) is 12.5. The molecule has 2 saturated heterocycles. The van der Waals surface area contributed by atoms with E-state index in [0.717, 1.165) is 6.42 Å². The van der Waals surface area contributed by atoms with Gasteiger partial charge in [0, 0.05) is 29.6 Å². The van der Waals surface area contributed by atoms with Gasteiger partial charge < -0.3 is 25.2 Å². The molecule has 0 saturated carbocycles. The number of hydrogen-bond donors (Lipinski definition) is 3. The van der Waals surface area contributed by atoms with E-state index in [1.54, 1.807) is 30.3 Å². The van der Waals surface area contributed by atoms with E-state index in [1.807, 2.05) is 19.1 Å². The summed E-state index contributed by atoms with van der Waals surface area (Å²) in [7, 11) is 0. The van der Waals surface area contributed by atoms with Gasteiger partial charge in [-0.05, 0) is 37.8 Å². The van der Waals surface area contributed by atoms with Crippen LogP contribution in [0, 0.1) is 5.82 Å². The lowest BCUT2D eigenvalue weighted by atomic mass is 9.85. The van der Waals surface area contributed by atoms with E-state index in [2.05, 4.69) is 10.6 Å². The number of carboxylic acid groups (broad SMARTS) is 1. The van der Waals surface area contributed by atoms with Crippen molar-refractivity contribution < 1.29 is 28.6 Å². The van der Waals surface area contributed by atoms with Gasteiger partial charge in [-0.2, -0.15) is 0 Å². The van der Waals surface area contributed by atoms with Crippen molar-refractivity contribution in [3.05, 3.63) is 53.8 Å². The highest BCUT2D eigenvalue weighted by atomic mass is 19.1. The fraction of sp³-hybridized carbons (Fsp3) is 0.440. The van der Waals surface area contributed by atoms with Crippen LogP contribution in [0.4, 0.5) is 4.39 Å². The number of nitrogens with one attached hydrogen (secondary N) is 2. The van der Waals surface area contributed by atoms with Gasteiger partial charge in [-0.25, -0.2) is 4.39 Å². The average molecular weight is 457 g/mol. The summed E-state index contributed by atoms with van der Waals surface area (Å²) >= 11 is 0. The average Bonchev–Trinajstić information content (AvgIpc) is 3.06. The summed E-state index contributed by atoms with van der Waals surface area (Å²) in [6.45, 7) is 2.73. The van der Waals surface area contributed by atoms with Gasteiger partial charge >= 0.3 is 5.97 Å². The Morgan fingerprint density at radius 1 is 1.24 bits per heavy atom. The number of carbonyl (C=O) groups is 2. The molecule has 176 valence electrons. The molecule has 3 N–H and O–H groups in total. The largest absolute Gasteiger partial charge is 0.493 e. The molecule has 0 aliphatic carbocycles. The zero-order valence-corrected chi connectivity index (χ0v) is 18.6. The van der Waals surface area contributed by atoms with Crippen molar-refractivity contribution in [2.24, 2.45) is 0 Å². The number of aliphatic carboxylic acids is 1. The van der Waals surface area contributed by atoms with E-state index < -0.39 is 11.5 Å². The molecule has 2 aromatic rings. The minimum Gasteiger partial charge on any atom is -0.493 e. The number of halogens is 1. The first-order valence-electron chi connectivity index (χ1n) is 11.2. The number of ether oxygens (including phenoxy) is 2. The van der Waals surface area contributed by atoms with Gasteiger partial charge in [0.2, 0.25) is 5.91 Å². The molecular formula is C25H29FN2O5. The lowest BCUT2D eigenvalue weighted by Crippen LogP contribution is -2.63. The van der Waals surface area contributed by atoms with Crippen LogP contribution in [0.3, 0.4) is 0 Å². The summed E-state index contributed by atoms with van der Waals surface area (Å²) in [4.78, 5) is 22.8. The first-order valence-corrected chi connectivity index (χ1v) is 11.2. The molecule has 2 fully saturated rings. The van der Waals surface area contributed by atoms with Gasteiger partial charge in [0.05, 0.1) is 18.8 Å². The fourth-order valence-corrected chi connectivity index (χ4v) is 4.86. The summed E-state index contributed by atoms with van der Waals surface area (Å²) in [5.74, 6) is -0.849. The van der Waals surface area contributed by atoms with Crippen LogP contribution in [0.5, 0.6) is 5.75 Å². The summed E-state index contributed by atoms with van der Waals surface area (Å²) < 4.78 is 27.1. The molecule has 2 aromatic carbocycles. The molecule has 7 nitrogen and oxygen atoms in total. The number of carboxylic acids is 1. The number of hydrogen-bond acceptors (Lipinski definition) is 5. The standard InChI is InChI=1S/C25H29FN2O5/c1-16-13-25(15-32-14-22(29)28-25)21(27-16)12-17-6-4-8-19(24(17)26)18-7-2-3-9-20(18)33-11-5-10-23(30)31/h2-4,6-9,16,21,27H,5,10-15H2,1H3,(H,28,29)(H,30,31)/t16-,21?,25?/m1/s1. The number of carbonyl (C=O) groups excluding carboxylic acids is 1. The number of amides is 1. The van der Waals surface area contributed by atoms with Gasteiger partial charge in [-0.15, -0.1) is 0 Å². The molecule has 1 spiro atoms. The quantitative estimate of drug-likeness (QED) is 0.529. The van der Waals surface area contributed by atoms with Crippen molar-refractivity contribution in [3.63, 3.8) is 0 Å². The van der Waals surface area contributed by atoms with E-state index in [4.69, 9.17) is 14.6 Å². The molecule has 2 aliphatic heterocycles. The van der Waals surface area contributed by atoms with Crippen molar-refractivity contribution in [2.75, 3.05) is 19.8 Å². The number of morpholine rings is 1. The first-order chi connectivity index (χ1) is 15.9. The Labute approximate surface area is 192 Å². The monoisotopic (exact) mass is 456 g/mol. The minimum absolute atomic E-state index is 0.0147. The molecule has 33 heavy (non-hydrogen) atoms. The van der Waals surface area contributed by atoms with Crippen LogP contribution < -0.4 is 15.4 Å². The molecule has 2 unspecified atom stereocenters. The molecule has 4 rings (SSSR count). The minimum atomic E-state index is -0.877. The maximum Gasteiger partial charge on any atom is 0.303 e. The predicted molar refractivity (Wildman–Crippen MR) is 121 cm³/mol. The second-order valence-electron chi connectivity index (χ2n) is 8.85. The molecule has 8 heteroatoms. The molecule has 0 radical (unpaired) electrons. The third-order valence-corrected chi connectivity index (χ3v) is 6.28. The summed E-state index contributed by atoms with van der Waals surface area (Å²) in [5, 5.41) is 15.4. The Hall–Kier alpha value is -2.97. The van der Waals surface area contributed by atoms with Crippen molar-refractivity contribution in [1.82, 2.24) is 10.6 Å². The normalized spacial score (nSPS) is 24.6. The van der Waals surface area contributed by atoms with E-state index >= 15 is 4.39 Å². The first kappa shape index (κ1) is 23.2. The van der Waals surface area contributed by atoms with E-state index in [9.17, 15) is 9.59 Å². The van der Waals surface area contributed by atoms with Crippen LogP contribution in [-0.4, -0.2) is 54.4 Å². The highest BCUT2D eigenvalue weighted by Gasteiger charge is 2.49. The Bertz CT molecular complexity index is 1030. The van der Waals surface area contributed by atoms with Gasteiger partial charge in [0.25, 0.3) is 0 Å².